The molecule has 0 aliphatic heterocycles. The van der Waals surface area contributed by atoms with Crippen LogP contribution in [0.3, 0.4) is 0 Å². The van der Waals surface area contributed by atoms with Crippen LogP contribution < -0.4 is 16.2 Å². The molecule has 0 fully saturated rings. The summed E-state index contributed by atoms with van der Waals surface area (Å²) in [6.07, 6.45) is 2.24. The van der Waals surface area contributed by atoms with E-state index < -0.39 is 0 Å². The summed E-state index contributed by atoms with van der Waals surface area (Å²) < 4.78 is 1.35. The van der Waals surface area contributed by atoms with Crippen molar-refractivity contribution >= 4 is 11.7 Å². The maximum absolute atomic E-state index is 12.2. The van der Waals surface area contributed by atoms with E-state index in [1.165, 1.54) is 16.1 Å². The molecule has 3 N–H and O–H groups in total. The molecule has 0 unspecified atom stereocenters. The van der Waals surface area contributed by atoms with Crippen LogP contribution in [0.25, 0.3) is 5.78 Å². The van der Waals surface area contributed by atoms with E-state index in [0.29, 0.717) is 30.5 Å². The van der Waals surface area contributed by atoms with Gasteiger partial charge in [0.25, 0.3) is 11.3 Å². The number of anilines is 1. The molecule has 3 rings (SSSR count). The molecular weight excluding hydrogens is 316 g/mol. The van der Waals surface area contributed by atoms with E-state index in [1.54, 1.807) is 0 Å². The minimum absolute atomic E-state index is 0.159. The monoisotopic (exact) mass is 340 g/mol. The number of hydrogen-bond donors (Lipinski definition) is 3. The van der Waals surface area contributed by atoms with Crippen LogP contribution >= 0.6 is 0 Å². The highest BCUT2D eigenvalue weighted by Crippen LogP contribution is 2.07. The summed E-state index contributed by atoms with van der Waals surface area (Å²) in [5, 5.41) is 9.43. The Morgan fingerprint density at radius 1 is 1.16 bits per heavy atom. The minimum Gasteiger partial charge on any atom is -0.351 e. The lowest BCUT2D eigenvalue weighted by Gasteiger charge is -2.02. The molecule has 0 bridgehead atoms. The molecule has 0 spiro atoms. The van der Waals surface area contributed by atoms with E-state index >= 15 is 0 Å². The van der Waals surface area contributed by atoms with Crippen LogP contribution in [0, 0.1) is 6.92 Å². The average molecular weight is 340 g/mol. The van der Waals surface area contributed by atoms with Gasteiger partial charge in [0.2, 0.25) is 5.95 Å². The third kappa shape index (κ3) is 4.45. The zero-order valence-electron chi connectivity index (χ0n) is 14.7. The topological polar surface area (TPSA) is 87.1 Å². The molecule has 3 aromatic rings. The molecule has 2 heterocycles. The Bertz CT molecular complexity index is 881. The van der Waals surface area contributed by atoms with Gasteiger partial charge in [0.15, 0.2) is 0 Å². The molecule has 7 heteroatoms. The molecule has 2 aromatic heterocycles. The number of rotatable bonds is 8. The van der Waals surface area contributed by atoms with Gasteiger partial charge in [-0.25, -0.2) is 4.98 Å². The van der Waals surface area contributed by atoms with Crippen LogP contribution in [0.1, 0.15) is 36.6 Å². The van der Waals surface area contributed by atoms with Gasteiger partial charge in [0, 0.05) is 19.2 Å². The first-order valence-corrected chi connectivity index (χ1v) is 8.64. The predicted molar refractivity (Wildman–Crippen MR) is 98.7 cm³/mol. The van der Waals surface area contributed by atoms with Gasteiger partial charge in [-0.05, 0) is 25.5 Å². The van der Waals surface area contributed by atoms with Crippen LogP contribution in [-0.4, -0.2) is 26.1 Å². The molecule has 1 aromatic carbocycles. The number of nitrogens with zero attached hydrogens (tertiary/aromatic N) is 3. The lowest BCUT2D eigenvalue weighted by atomic mass is 10.1. The van der Waals surface area contributed by atoms with Gasteiger partial charge in [0.1, 0.15) is 0 Å². The van der Waals surface area contributed by atoms with E-state index in [0.717, 1.165) is 24.9 Å². The molecule has 7 nitrogen and oxygen atoms in total. The Morgan fingerprint density at radius 3 is 2.72 bits per heavy atom. The fourth-order valence-electron chi connectivity index (χ4n) is 2.51. The summed E-state index contributed by atoms with van der Waals surface area (Å²) in [5.41, 5.74) is 2.92. The Labute approximate surface area is 146 Å². The maximum Gasteiger partial charge on any atom is 0.274 e. The van der Waals surface area contributed by atoms with Crippen molar-refractivity contribution < 1.29 is 0 Å². The smallest absolute Gasteiger partial charge is 0.274 e. The highest BCUT2D eigenvalue weighted by atomic mass is 16.1. The molecule has 0 saturated carbocycles. The van der Waals surface area contributed by atoms with Crippen molar-refractivity contribution in [2.45, 2.75) is 39.8 Å². The third-order valence-electron chi connectivity index (χ3n) is 3.98. The Balaban J connectivity index is 1.69. The SMILES string of the molecule is CCCCNCc1cc(=O)n2[nH]c(NCc3ccc(C)cc3)nc2n1. The zero-order chi connectivity index (χ0) is 17.6. The number of nitrogens with one attached hydrogen (secondary N) is 3. The van der Waals surface area contributed by atoms with Crippen LogP contribution in [0.5, 0.6) is 0 Å². The predicted octanol–water partition coefficient (Wildman–Crippen LogP) is 2.23. The number of benzene rings is 1. The highest BCUT2D eigenvalue weighted by Gasteiger charge is 2.08. The minimum atomic E-state index is -0.159. The Hall–Kier alpha value is -2.67. The molecule has 0 amide bonds. The third-order valence-corrected chi connectivity index (χ3v) is 3.98. The summed E-state index contributed by atoms with van der Waals surface area (Å²) in [4.78, 5) is 21.0. The summed E-state index contributed by atoms with van der Waals surface area (Å²) in [5.74, 6) is 0.910. The van der Waals surface area contributed by atoms with E-state index in [2.05, 4.69) is 63.8 Å². The second-order valence-electron chi connectivity index (χ2n) is 6.16. The largest absolute Gasteiger partial charge is 0.351 e. The number of aryl methyl sites for hydroxylation is 1. The number of aromatic amines is 1. The van der Waals surface area contributed by atoms with Crippen molar-refractivity contribution in [3.05, 3.63) is 57.5 Å². The lowest BCUT2D eigenvalue weighted by molar-refractivity contribution is 0.631. The Morgan fingerprint density at radius 2 is 1.96 bits per heavy atom. The van der Waals surface area contributed by atoms with Gasteiger partial charge in [0.05, 0.1) is 5.69 Å². The number of unbranched alkanes of at least 4 members (excludes halogenated alkanes) is 1. The molecule has 0 aliphatic rings. The summed E-state index contributed by atoms with van der Waals surface area (Å²) in [6, 6.07) is 9.80. The van der Waals surface area contributed by atoms with Gasteiger partial charge in [-0.15, -0.1) is 0 Å². The van der Waals surface area contributed by atoms with Crippen molar-refractivity contribution in [3.63, 3.8) is 0 Å². The first-order valence-electron chi connectivity index (χ1n) is 8.64. The van der Waals surface area contributed by atoms with Crippen LogP contribution in [0.2, 0.25) is 0 Å². The van der Waals surface area contributed by atoms with E-state index in [-0.39, 0.29) is 5.56 Å². The standard InChI is InChI=1S/C18H24N6O/c1-3-4-9-19-12-15-10-16(25)24-18(21-15)22-17(23-24)20-11-14-7-5-13(2)6-8-14/h5-8,10,19H,3-4,9,11-12H2,1-2H3,(H2,20,21,22,23). The summed E-state index contributed by atoms with van der Waals surface area (Å²) in [7, 11) is 0. The van der Waals surface area contributed by atoms with Gasteiger partial charge < -0.3 is 10.6 Å². The summed E-state index contributed by atoms with van der Waals surface area (Å²) >= 11 is 0. The number of fused-ring (bicyclic) bond motifs is 1. The van der Waals surface area contributed by atoms with Crippen molar-refractivity contribution in [2.75, 3.05) is 11.9 Å². The fourth-order valence-corrected chi connectivity index (χ4v) is 2.51. The first-order chi connectivity index (χ1) is 12.2. The van der Waals surface area contributed by atoms with Gasteiger partial charge in [-0.3, -0.25) is 9.89 Å². The average Bonchev–Trinajstić information content (AvgIpc) is 3.02. The molecule has 0 aliphatic carbocycles. The van der Waals surface area contributed by atoms with Crippen molar-refractivity contribution in [3.8, 4) is 0 Å². The van der Waals surface area contributed by atoms with E-state index in [4.69, 9.17) is 0 Å². The highest BCUT2D eigenvalue weighted by molar-refractivity contribution is 5.38. The van der Waals surface area contributed by atoms with Crippen LogP contribution in [0.15, 0.2) is 35.1 Å². The lowest BCUT2D eigenvalue weighted by Crippen LogP contribution is -2.20. The molecule has 0 radical (unpaired) electrons. The number of aromatic nitrogens is 4. The van der Waals surface area contributed by atoms with E-state index in [9.17, 15) is 4.79 Å². The molecule has 0 atom stereocenters. The van der Waals surface area contributed by atoms with Crippen molar-refractivity contribution in [2.24, 2.45) is 0 Å². The van der Waals surface area contributed by atoms with Gasteiger partial charge >= 0.3 is 0 Å². The second-order valence-corrected chi connectivity index (χ2v) is 6.16. The molecular formula is C18H24N6O. The molecule has 132 valence electrons. The van der Waals surface area contributed by atoms with Gasteiger partial charge in [-0.2, -0.15) is 9.50 Å². The quantitative estimate of drug-likeness (QED) is 0.547. The normalized spacial score (nSPS) is 11.1. The van der Waals surface area contributed by atoms with Gasteiger partial charge in [-0.1, -0.05) is 43.2 Å². The van der Waals surface area contributed by atoms with Crippen LogP contribution in [-0.2, 0) is 13.1 Å². The van der Waals surface area contributed by atoms with Crippen molar-refractivity contribution in [1.29, 1.82) is 0 Å². The zero-order valence-corrected chi connectivity index (χ0v) is 14.7. The van der Waals surface area contributed by atoms with Crippen molar-refractivity contribution in [1.82, 2.24) is 24.9 Å². The maximum atomic E-state index is 12.2. The molecule has 0 saturated heterocycles. The second kappa shape index (κ2) is 7.94. The Kier molecular flexibility index (Phi) is 5.45. The number of hydrogen-bond acceptors (Lipinski definition) is 5. The summed E-state index contributed by atoms with van der Waals surface area (Å²) in [6.45, 7) is 6.32. The van der Waals surface area contributed by atoms with Crippen LogP contribution in [0.4, 0.5) is 5.95 Å². The van der Waals surface area contributed by atoms with E-state index in [1.807, 2.05) is 0 Å². The molecule has 25 heavy (non-hydrogen) atoms. The first kappa shape index (κ1) is 17.2. The number of H-pyrrole nitrogens is 1. The fraction of sp³-hybridized carbons (Fsp3) is 0.389.